The van der Waals surface area contributed by atoms with Gasteiger partial charge in [0.05, 0.1) is 32.7 Å². The lowest BCUT2D eigenvalue weighted by Crippen LogP contribution is -2.37. The Morgan fingerprint density at radius 3 is 2.59 bits per heavy atom. The summed E-state index contributed by atoms with van der Waals surface area (Å²) in [4.78, 5) is 5.30. The first-order valence-electron chi connectivity index (χ1n) is 10.1. The number of rotatable bonds is 9. The monoisotopic (exact) mass is 512 g/mol. The van der Waals surface area contributed by atoms with Gasteiger partial charge in [0.2, 0.25) is 0 Å². The molecule has 1 saturated heterocycles. The molecule has 4 rings (SSSR count). The van der Waals surface area contributed by atoms with Crippen LogP contribution in [-0.2, 0) is 22.4 Å². The minimum absolute atomic E-state index is 0.0400. The van der Waals surface area contributed by atoms with Gasteiger partial charge in [0.1, 0.15) is 5.75 Å². The van der Waals surface area contributed by atoms with Gasteiger partial charge in [-0.25, -0.2) is 4.98 Å². The standard InChI is InChI=1S/C23H23Cl3N2O3S/c1-29-17-2-4-19(5-3-17)32-13-18-12-30-23(31-18,14-28-9-8-27-15-28)7-6-20-21(25)10-16(24)11-22(20)26/h2-5,8-11,15,18H,6-7,12-14H2,1H3. The average molecular weight is 514 g/mol. The zero-order valence-electron chi connectivity index (χ0n) is 17.5. The summed E-state index contributed by atoms with van der Waals surface area (Å²) in [7, 11) is 1.66. The van der Waals surface area contributed by atoms with Gasteiger partial charge in [0.25, 0.3) is 0 Å². The summed E-state index contributed by atoms with van der Waals surface area (Å²) in [6.07, 6.45) is 6.55. The van der Waals surface area contributed by atoms with Gasteiger partial charge in [0, 0.05) is 44.5 Å². The number of methoxy groups -OCH3 is 1. The molecule has 5 nitrogen and oxygen atoms in total. The van der Waals surface area contributed by atoms with Crippen LogP contribution in [0.5, 0.6) is 5.75 Å². The van der Waals surface area contributed by atoms with Gasteiger partial charge in [-0.15, -0.1) is 11.8 Å². The first-order chi connectivity index (χ1) is 15.5. The molecule has 1 aliphatic heterocycles. The lowest BCUT2D eigenvalue weighted by molar-refractivity contribution is -0.180. The largest absolute Gasteiger partial charge is 0.497 e. The molecule has 3 aromatic rings. The van der Waals surface area contributed by atoms with Crippen LogP contribution in [0.2, 0.25) is 15.1 Å². The molecule has 0 spiro atoms. The highest BCUT2D eigenvalue weighted by Gasteiger charge is 2.41. The van der Waals surface area contributed by atoms with Crippen LogP contribution in [0.15, 0.2) is 60.0 Å². The SMILES string of the molecule is COc1ccc(SCC2COC(CCc3c(Cl)cc(Cl)cc3Cl)(Cn3ccnc3)O2)cc1. The maximum atomic E-state index is 6.49. The minimum Gasteiger partial charge on any atom is -0.497 e. The van der Waals surface area contributed by atoms with Crippen molar-refractivity contribution in [2.24, 2.45) is 0 Å². The zero-order chi connectivity index (χ0) is 22.6. The molecular formula is C23H23Cl3N2O3S. The lowest BCUT2D eigenvalue weighted by Gasteiger charge is -2.29. The number of thioether (sulfide) groups is 1. The Bertz CT molecular complexity index is 1010. The highest BCUT2D eigenvalue weighted by atomic mass is 35.5. The van der Waals surface area contributed by atoms with Crippen LogP contribution < -0.4 is 4.74 Å². The van der Waals surface area contributed by atoms with Crippen molar-refractivity contribution in [1.29, 1.82) is 0 Å². The van der Waals surface area contributed by atoms with Gasteiger partial charge in [-0.05, 0) is 48.4 Å². The third-order valence-corrected chi connectivity index (χ3v) is 7.29. The molecule has 2 heterocycles. The van der Waals surface area contributed by atoms with Crippen LogP contribution in [0.4, 0.5) is 0 Å². The summed E-state index contributed by atoms with van der Waals surface area (Å²) in [5.74, 6) is 0.826. The van der Waals surface area contributed by atoms with Crippen molar-refractivity contribution >= 4 is 46.6 Å². The second-order valence-electron chi connectivity index (χ2n) is 7.53. The molecule has 32 heavy (non-hydrogen) atoms. The van der Waals surface area contributed by atoms with Crippen LogP contribution in [0.1, 0.15) is 12.0 Å². The molecule has 0 amide bonds. The molecule has 170 valence electrons. The normalized spacial score (nSPS) is 20.6. The molecule has 1 aliphatic rings. The van der Waals surface area contributed by atoms with E-state index in [1.165, 1.54) is 0 Å². The van der Waals surface area contributed by atoms with E-state index in [2.05, 4.69) is 4.98 Å². The highest BCUT2D eigenvalue weighted by Crippen LogP contribution is 2.36. The van der Waals surface area contributed by atoms with E-state index in [4.69, 9.17) is 49.0 Å². The predicted octanol–water partition coefficient (Wildman–Crippen LogP) is 6.39. The van der Waals surface area contributed by atoms with Crippen molar-refractivity contribution in [2.75, 3.05) is 19.5 Å². The van der Waals surface area contributed by atoms with Crippen molar-refractivity contribution in [3.63, 3.8) is 0 Å². The number of hydrogen-bond acceptors (Lipinski definition) is 5. The van der Waals surface area contributed by atoms with Crippen molar-refractivity contribution in [2.45, 2.75) is 36.2 Å². The number of imidazole rings is 1. The van der Waals surface area contributed by atoms with E-state index >= 15 is 0 Å². The molecule has 0 bridgehead atoms. The molecular weight excluding hydrogens is 491 g/mol. The summed E-state index contributed by atoms with van der Waals surface area (Å²) in [5, 5.41) is 1.61. The topological polar surface area (TPSA) is 45.5 Å². The fraction of sp³-hybridized carbons (Fsp3) is 0.348. The smallest absolute Gasteiger partial charge is 0.187 e. The molecule has 0 aliphatic carbocycles. The minimum atomic E-state index is -0.794. The van der Waals surface area contributed by atoms with E-state index in [9.17, 15) is 0 Å². The first-order valence-corrected chi connectivity index (χ1v) is 12.3. The summed E-state index contributed by atoms with van der Waals surface area (Å²) in [5.41, 5.74) is 0.839. The first kappa shape index (κ1) is 23.7. The summed E-state index contributed by atoms with van der Waals surface area (Å²) in [6.45, 7) is 1.04. The van der Waals surface area contributed by atoms with Gasteiger partial charge in [0.15, 0.2) is 5.79 Å². The van der Waals surface area contributed by atoms with Crippen LogP contribution in [0.3, 0.4) is 0 Å². The van der Waals surface area contributed by atoms with Crippen LogP contribution in [0, 0.1) is 0 Å². The molecule has 0 N–H and O–H groups in total. The van der Waals surface area contributed by atoms with Crippen LogP contribution >= 0.6 is 46.6 Å². The van der Waals surface area contributed by atoms with E-state index in [0.717, 1.165) is 22.0 Å². The molecule has 0 radical (unpaired) electrons. The Morgan fingerprint density at radius 2 is 1.94 bits per heavy atom. The number of halogens is 3. The molecule has 1 fully saturated rings. The summed E-state index contributed by atoms with van der Waals surface area (Å²) >= 11 is 20.6. The van der Waals surface area contributed by atoms with Crippen LogP contribution in [0.25, 0.3) is 0 Å². The number of hydrogen-bond donors (Lipinski definition) is 0. The Balaban J connectivity index is 1.43. The van der Waals surface area contributed by atoms with Crippen molar-refractivity contribution < 1.29 is 14.2 Å². The third-order valence-electron chi connectivity index (χ3n) is 5.25. The van der Waals surface area contributed by atoms with E-state index in [-0.39, 0.29) is 6.10 Å². The summed E-state index contributed by atoms with van der Waals surface area (Å²) in [6, 6.07) is 11.4. The van der Waals surface area contributed by atoms with Crippen molar-refractivity contribution in [1.82, 2.24) is 9.55 Å². The molecule has 1 aromatic heterocycles. The number of aromatic nitrogens is 2. The van der Waals surface area contributed by atoms with Gasteiger partial charge >= 0.3 is 0 Å². The molecule has 2 atom stereocenters. The van der Waals surface area contributed by atoms with E-state index in [0.29, 0.717) is 41.1 Å². The Hall–Kier alpha value is -1.41. The number of benzene rings is 2. The van der Waals surface area contributed by atoms with Gasteiger partial charge in [-0.1, -0.05) is 34.8 Å². The quantitative estimate of drug-likeness (QED) is 0.310. The summed E-state index contributed by atoms with van der Waals surface area (Å²) < 4.78 is 19.9. The lowest BCUT2D eigenvalue weighted by atomic mass is 10.0. The van der Waals surface area contributed by atoms with Gasteiger partial charge in [-0.2, -0.15) is 0 Å². The Kier molecular flexibility index (Phi) is 7.92. The molecule has 2 unspecified atom stereocenters. The van der Waals surface area contributed by atoms with E-state index in [1.54, 1.807) is 43.5 Å². The molecule has 9 heteroatoms. The number of nitrogens with zero attached hydrogens (tertiary/aromatic N) is 2. The van der Waals surface area contributed by atoms with Crippen molar-refractivity contribution in [3.8, 4) is 5.75 Å². The molecule has 0 saturated carbocycles. The van der Waals surface area contributed by atoms with Gasteiger partial charge < -0.3 is 18.8 Å². The maximum Gasteiger partial charge on any atom is 0.187 e. The fourth-order valence-electron chi connectivity index (χ4n) is 3.64. The maximum absolute atomic E-state index is 6.49. The fourth-order valence-corrected chi connectivity index (χ4v) is 5.51. The average Bonchev–Trinajstić information content (AvgIpc) is 3.42. The second kappa shape index (κ2) is 10.7. The molecule has 2 aromatic carbocycles. The van der Waals surface area contributed by atoms with Crippen LogP contribution in [-0.4, -0.2) is 40.9 Å². The Morgan fingerprint density at radius 1 is 1.19 bits per heavy atom. The highest BCUT2D eigenvalue weighted by molar-refractivity contribution is 7.99. The van der Waals surface area contributed by atoms with Gasteiger partial charge in [-0.3, -0.25) is 0 Å². The second-order valence-corrected chi connectivity index (χ2v) is 9.88. The van der Waals surface area contributed by atoms with Crippen molar-refractivity contribution in [3.05, 3.63) is 75.8 Å². The Labute approximate surface area is 206 Å². The van der Waals surface area contributed by atoms with E-state index < -0.39 is 5.79 Å². The zero-order valence-corrected chi connectivity index (χ0v) is 20.6. The number of ether oxygens (including phenoxy) is 3. The van der Waals surface area contributed by atoms with E-state index in [1.807, 2.05) is 35.0 Å². The predicted molar refractivity (Wildman–Crippen MR) is 129 cm³/mol. The third kappa shape index (κ3) is 5.93.